The van der Waals surface area contributed by atoms with E-state index in [0.29, 0.717) is 17.7 Å². The van der Waals surface area contributed by atoms with Gasteiger partial charge in [-0.05, 0) is 45.0 Å². The Hall–Kier alpha value is -1.60. The molecule has 20 heavy (non-hydrogen) atoms. The fraction of sp³-hybridized carbons (Fsp3) is 0.462. The molecule has 1 rings (SSSR count). The van der Waals surface area contributed by atoms with Crippen molar-refractivity contribution in [2.75, 3.05) is 12.4 Å². The molecule has 1 unspecified atom stereocenters. The number of benzene rings is 1. The van der Waals surface area contributed by atoms with E-state index in [2.05, 4.69) is 10.0 Å². The van der Waals surface area contributed by atoms with Gasteiger partial charge in [-0.25, -0.2) is 13.1 Å². The second-order valence-electron chi connectivity index (χ2n) is 4.67. The first kappa shape index (κ1) is 16.5. The molecule has 1 atom stereocenters. The number of carboxylic acid groups (broad SMARTS) is 1. The van der Waals surface area contributed by atoms with Crippen LogP contribution in [0.1, 0.15) is 25.3 Å². The van der Waals surface area contributed by atoms with E-state index in [0.717, 1.165) is 0 Å². The van der Waals surface area contributed by atoms with Gasteiger partial charge < -0.3 is 10.4 Å². The van der Waals surface area contributed by atoms with Crippen LogP contribution >= 0.6 is 0 Å². The molecule has 0 saturated carbocycles. The standard InChI is InChI=1S/C13H20N2O4S/c1-9-4-6-11(8-12(9)20(18,19)14-3)15-10(2)5-7-13(16)17/h4,6,8,10,14-15H,5,7H2,1-3H3,(H,16,17). The Labute approximate surface area is 119 Å². The van der Waals surface area contributed by atoms with E-state index in [4.69, 9.17) is 5.11 Å². The lowest BCUT2D eigenvalue weighted by Gasteiger charge is -2.16. The smallest absolute Gasteiger partial charge is 0.303 e. The molecule has 0 fully saturated rings. The molecule has 0 radical (unpaired) electrons. The Bertz CT molecular complexity index is 584. The Morgan fingerprint density at radius 1 is 1.40 bits per heavy atom. The van der Waals surface area contributed by atoms with Gasteiger partial charge in [-0.3, -0.25) is 4.79 Å². The van der Waals surface area contributed by atoms with Crippen molar-refractivity contribution in [3.8, 4) is 0 Å². The fourth-order valence-electron chi connectivity index (χ4n) is 1.79. The first-order chi connectivity index (χ1) is 9.26. The second kappa shape index (κ2) is 6.71. The van der Waals surface area contributed by atoms with Crippen molar-refractivity contribution in [3.05, 3.63) is 23.8 Å². The Morgan fingerprint density at radius 2 is 2.05 bits per heavy atom. The van der Waals surface area contributed by atoms with Crippen molar-refractivity contribution < 1.29 is 18.3 Å². The molecule has 0 heterocycles. The molecule has 0 aliphatic heterocycles. The van der Waals surface area contributed by atoms with Crippen molar-refractivity contribution in [2.45, 2.75) is 37.6 Å². The third kappa shape index (κ3) is 4.50. The Morgan fingerprint density at radius 3 is 2.60 bits per heavy atom. The normalized spacial score (nSPS) is 12.9. The molecule has 0 aliphatic rings. The molecule has 1 aromatic rings. The molecule has 7 heteroatoms. The van der Waals surface area contributed by atoms with Gasteiger partial charge in [0.25, 0.3) is 0 Å². The highest BCUT2D eigenvalue weighted by Crippen LogP contribution is 2.21. The van der Waals surface area contributed by atoms with Gasteiger partial charge in [0.2, 0.25) is 10.0 Å². The van der Waals surface area contributed by atoms with Crippen LogP contribution in [0, 0.1) is 6.92 Å². The molecule has 0 aromatic heterocycles. The van der Waals surface area contributed by atoms with Gasteiger partial charge in [0.1, 0.15) is 0 Å². The molecule has 112 valence electrons. The minimum absolute atomic E-state index is 0.0565. The molecule has 1 aromatic carbocycles. The Balaban J connectivity index is 2.88. The first-order valence-electron chi connectivity index (χ1n) is 6.29. The van der Waals surface area contributed by atoms with Crippen LogP contribution in [-0.4, -0.2) is 32.6 Å². The summed E-state index contributed by atoms with van der Waals surface area (Å²) in [6.45, 7) is 3.58. The SMILES string of the molecule is CNS(=O)(=O)c1cc(NC(C)CCC(=O)O)ccc1C. The van der Waals surface area contributed by atoms with E-state index >= 15 is 0 Å². The zero-order chi connectivity index (χ0) is 15.3. The van der Waals surface area contributed by atoms with Gasteiger partial charge in [-0.15, -0.1) is 0 Å². The lowest BCUT2D eigenvalue weighted by Crippen LogP contribution is -2.21. The largest absolute Gasteiger partial charge is 0.481 e. The van der Waals surface area contributed by atoms with Crippen molar-refractivity contribution in [1.82, 2.24) is 4.72 Å². The molecule has 0 amide bonds. The van der Waals surface area contributed by atoms with Crippen LogP contribution in [0.25, 0.3) is 0 Å². The summed E-state index contributed by atoms with van der Waals surface area (Å²) in [5.74, 6) is -0.846. The summed E-state index contributed by atoms with van der Waals surface area (Å²) in [5, 5.41) is 11.7. The number of aliphatic carboxylic acids is 1. The number of anilines is 1. The van der Waals surface area contributed by atoms with Crippen LogP contribution in [0.4, 0.5) is 5.69 Å². The van der Waals surface area contributed by atoms with Crippen LogP contribution < -0.4 is 10.0 Å². The second-order valence-corrected chi connectivity index (χ2v) is 6.52. The number of hydrogen-bond acceptors (Lipinski definition) is 4. The minimum Gasteiger partial charge on any atom is -0.481 e. The third-order valence-electron chi connectivity index (χ3n) is 2.95. The fourth-order valence-corrected chi connectivity index (χ4v) is 2.78. The summed E-state index contributed by atoms with van der Waals surface area (Å²) in [6, 6.07) is 5.00. The summed E-state index contributed by atoms with van der Waals surface area (Å²) >= 11 is 0. The lowest BCUT2D eigenvalue weighted by atomic mass is 10.1. The highest BCUT2D eigenvalue weighted by molar-refractivity contribution is 7.89. The van der Waals surface area contributed by atoms with Crippen LogP contribution in [0.15, 0.2) is 23.1 Å². The van der Waals surface area contributed by atoms with Crippen LogP contribution in [0.3, 0.4) is 0 Å². The summed E-state index contributed by atoms with van der Waals surface area (Å²) in [4.78, 5) is 10.7. The monoisotopic (exact) mass is 300 g/mol. The number of nitrogens with one attached hydrogen (secondary N) is 2. The quantitative estimate of drug-likeness (QED) is 0.710. The number of carbonyl (C=O) groups is 1. The summed E-state index contributed by atoms with van der Waals surface area (Å²) in [7, 11) is -2.13. The topological polar surface area (TPSA) is 95.5 Å². The zero-order valence-electron chi connectivity index (χ0n) is 11.8. The molecule has 0 bridgehead atoms. The molecule has 0 aliphatic carbocycles. The van der Waals surface area contributed by atoms with Gasteiger partial charge >= 0.3 is 5.97 Å². The van der Waals surface area contributed by atoms with E-state index in [1.54, 1.807) is 25.1 Å². The van der Waals surface area contributed by atoms with Gasteiger partial charge in [-0.2, -0.15) is 0 Å². The predicted octanol–water partition coefficient (Wildman–Crippen LogP) is 1.57. The van der Waals surface area contributed by atoms with Crippen molar-refractivity contribution >= 4 is 21.7 Å². The molecule has 3 N–H and O–H groups in total. The zero-order valence-corrected chi connectivity index (χ0v) is 12.6. The third-order valence-corrected chi connectivity index (χ3v) is 4.51. The van der Waals surface area contributed by atoms with Gasteiger partial charge in [0.05, 0.1) is 4.90 Å². The number of carboxylic acids is 1. The molecule has 0 saturated heterocycles. The van der Waals surface area contributed by atoms with E-state index in [9.17, 15) is 13.2 Å². The minimum atomic E-state index is -3.50. The van der Waals surface area contributed by atoms with Crippen molar-refractivity contribution in [3.63, 3.8) is 0 Å². The molecular formula is C13H20N2O4S. The number of sulfonamides is 1. The average Bonchev–Trinajstić information content (AvgIpc) is 2.38. The molecular weight excluding hydrogens is 280 g/mol. The van der Waals surface area contributed by atoms with Gasteiger partial charge in [0.15, 0.2) is 0 Å². The van der Waals surface area contributed by atoms with Crippen molar-refractivity contribution in [2.24, 2.45) is 0 Å². The molecule has 0 spiro atoms. The number of aryl methyl sites for hydroxylation is 1. The van der Waals surface area contributed by atoms with E-state index in [-0.39, 0.29) is 17.4 Å². The maximum Gasteiger partial charge on any atom is 0.303 e. The van der Waals surface area contributed by atoms with E-state index in [1.807, 2.05) is 6.92 Å². The highest BCUT2D eigenvalue weighted by Gasteiger charge is 2.15. The summed E-state index contributed by atoms with van der Waals surface area (Å²) < 4.78 is 26.0. The predicted molar refractivity (Wildman–Crippen MR) is 77.4 cm³/mol. The van der Waals surface area contributed by atoms with Crippen LogP contribution in [-0.2, 0) is 14.8 Å². The van der Waals surface area contributed by atoms with E-state index < -0.39 is 16.0 Å². The summed E-state index contributed by atoms with van der Waals surface area (Å²) in [6.07, 6.45) is 0.541. The number of rotatable bonds is 7. The maximum absolute atomic E-state index is 11.9. The average molecular weight is 300 g/mol. The first-order valence-corrected chi connectivity index (χ1v) is 7.77. The van der Waals surface area contributed by atoms with E-state index in [1.165, 1.54) is 7.05 Å². The lowest BCUT2D eigenvalue weighted by molar-refractivity contribution is -0.137. The van der Waals surface area contributed by atoms with Gasteiger partial charge in [0, 0.05) is 18.2 Å². The molecule has 6 nitrogen and oxygen atoms in total. The van der Waals surface area contributed by atoms with Crippen LogP contribution in [0.5, 0.6) is 0 Å². The summed E-state index contributed by atoms with van der Waals surface area (Å²) in [5.41, 5.74) is 1.31. The number of hydrogen-bond donors (Lipinski definition) is 3. The van der Waals surface area contributed by atoms with Crippen molar-refractivity contribution in [1.29, 1.82) is 0 Å². The van der Waals surface area contributed by atoms with Gasteiger partial charge in [-0.1, -0.05) is 6.07 Å². The highest BCUT2D eigenvalue weighted by atomic mass is 32.2. The van der Waals surface area contributed by atoms with Crippen LogP contribution in [0.2, 0.25) is 0 Å². The Kier molecular flexibility index (Phi) is 5.52. The maximum atomic E-state index is 11.9.